The van der Waals surface area contributed by atoms with Crippen LogP contribution in [0.5, 0.6) is 0 Å². The number of anilines is 3. The smallest absolute Gasteiger partial charge is 0.263 e. The Balaban J connectivity index is 1.73. The molecule has 26 heavy (non-hydrogen) atoms. The van der Waals surface area contributed by atoms with Gasteiger partial charge in [-0.15, -0.1) is 0 Å². The van der Waals surface area contributed by atoms with E-state index in [1.54, 1.807) is 12.1 Å². The summed E-state index contributed by atoms with van der Waals surface area (Å²) in [5.74, 6) is -0.268. The van der Waals surface area contributed by atoms with Crippen LogP contribution in [0.25, 0.3) is 0 Å². The van der Waals surface area contributed by atoms with Crippen molar-refractivity contribution in [2.24, 2.45) is 0 Å². The van der Waals surface area contributed by atoms with E-state index in [9.17, 15) is 12.8 Å². The molecule has 0 bridgehead atoms. The lowest BCUT2D eigenvalue weighted by Gasteiger charge is -2.10. The summed E-state index contributed by atoms with van der Waals surface area (Å²) in [6.45, 7) is 3.52. The van der Waals surface area contributed by atoms with Crippen LogP contribution in [0, 0.1) is 19.7 Å². The van der Waals surface area contributed by atoms with E-state index in [0.717, 1.165) is 23.0 Å². The zero-order valence-corrected chi connectivity index (χ0v) is 15.1. The summed E-state index contributed by atoms with van der Waals surface area (Å²) in [5, 5.41) is 3.19. The maximum absolute atomic E-state index is 13.3. The maximum atomic E-state index is 13.3. The van der Waals surface area contributed by atoms with E-state index < -0.39 is 15.8 Å². The van der Waals surface area contributed by atoms with Crippen molar-refractivity contribution in [3.05, 3.63) is 77.7 Å². The lowest BCUT2D eigenvalue weighted by Crippen LogP contribution is -2.14. The highest BCUT2D eigenvalue weighted by Gasteiger charge is 2.16. The second-order valence-electron chi connectivity index (χ2n) is 5.94. The standard InChI is InChI=1S/C19H18FN3O2S/c1-13-3-5-15(6-4-13)22-16-7-10-19(21-12-16)23-26(24,25)17-8-9-18(20)14(2)11-17/h3-12,22H,1-2H3,(H,21,23). The molecule has 0 saturated heterocycles. The average molecular weight is 371 g/mol. The Kier molecular flexibility index (Phi) is 4.90. The molecule has 0 aliphatic carbocycles. The number of hydrogen-bond acceptors (Lipinski definition) is 4. The first-order valence-electron chi connectivity index (χ1n) is 7.92. The predicted molar refractivity (Wildman–Crippen MR) is 101 cm³/mol. The van der Waals surface area contributed by atoms with Crippen molar-refractivity contribution in [1.82, 2.24) is 4.98 Å². The highest BCUT2D eigenvalue weighted by atomic mass is 32.2. The fraction of sp³-hybridized carbons (Fsp3) is 0.105. The number of pyridine rings is 1. The Hall–Kier alpha value is -2.93. The Morgan fingerprint density at radius 1 is 0.923 bits per heavy atom. The normalized spacial score (nSPS) is 11.2. The molecule has 3 aromatic rings. The van der Waals surface area contributed by atoms with Crippen molar-refractivity contribution in [3.8, 4) is 0 Å². The summed E-state index contributed by atoms with van der Waals surface area (Å²) < 4.78 is 40.5. The molecule has 0 unspecified atom stereocenters. The zero-order chi connectivity index (χ0) is 18.7. The number of nitrogens with zero attached hydrogens (tertiary/aromatic N) is 1. The van der Waals surface area contributed by atoms with Gasteiger partial charge < -0.3 is 5.32 Å². The van der Waals surface area contributed by atoms with Gasteiger partial charge in [-0.05, 0) is 61.9 Å². The summed E-state index contributed by atoms with van der Waals surface area (Å²) in [4.78, 5) is 4.10. The third-order valence-electron chi connectivity index (χ3n) is 3.78. The number of nitrogens with one attached hydrogen (secondary N) is 2. The fourth-order valence-electron chi connectivity index (χ4n) is 2.31. The number of rotatable bonds is 5. The zero-order valence-electron chi connectivity index (χ0n) is 14.3. The highest BCUT2D eigenvalue weighted by Crippen LogP contribution is 2.20. The van der Waals surface area contributed by atoms with Crippen LogP contribution in [-0.2, 0) is 10.0 Å². The summed E-state index contributed by atoms with van der Waals surface area (Å²) in [6, 6.07) is 14.8. The SMILES string of the molecule is Cc1ccc(Nc2ccc(NS(=O)(=O)c3ccc(F)c(C)c3)nc2)cc1. The Morgan fingerprint density at radius 3 is 2.23 bits per heavy atom. The topological polar surface area (TPSA) is 71.1 Å². The maximum Gasteiger partial charge on any atom is 0.263 e. The Labute approximate surface area is 152 Å². The molecule has 1 aromatic heterocycles. The van der Waals surface area contributed by atoms with Crippen molar-refractivity contribution in [1.29, 1.82) is 0 Å². The van der Waals surface area contributed by atoms with Gasteiger partial charge in [0.25, 0.3) is 10.0 Å². The first kappa shape index (κ1) is 17.9. The van der Waals surface area contributed by atoms with Gasteiger partial charge >= 0.3 is 0 Å². The average Bonchev–Trinajstić information content (AvgIpc) is 2.61. The third kappa shape index (κ3) is 4.18. The van der Waals surface area contributed by atoms with E-state index in [1.807, 2.05) is 31.2 Å². The molecule has 0 aliphatic heterocycles. The number of halogens is 1. The van der Waals surface area contributed by atoms with Gasteiger partial charge in [0.05, 0.1) is 16.8 Å². The van der Waals surface area contributed by atoms with E-state index in [-0.39, 0.29) is 16.3 Å². The van der Waals surface area contributed by atoms with Crippen LogP contribution < -0.4 is 10.0 Å². The molecule has 0 spiro atoms. The monoisotopic (exact) mass is 371 g/mol. The van der Waals surface area contributed by atoms with Crippen molar-refractivity contribution < 1.29 is 12.8 Å². The first-order valence-corrected chi connectivity index (χ1v) is 9.40. The van der Waals surface area contributed by atoms with Crippen LogP contribution in [0.3, 0.4) is 0 Å². The second-order valence-corrected chi connectivity index (χ2v) is 7.62. The van der Waals surface area contributed by atoms with Crippen LogP contribution >= 0.6 is 0 Å². The molecule has 5 nitrogen and oxygen atoms in total. The van der Waals surface area contributed by atoms with Gasteiger partial charge in [0.2, 0.25) is 0 Å². The van der Waals surface area contributed by atoms with Gasteiger partial charge in [0, 0.05) is 5.69 Å². The fourth-order valence-corrected chi connectivity index (χ4v) is 3.41. The van der Waals surface area contributed by atoms with Crippen molar-refractivity contribution in [3.63, 3.8) is 0 Å². The van der Waals surface area contributed by atoms with Crippen LogP contribution in [0.2, 0.25) is 0 Å². The highest BCUT2D eigenvalue weighted by molar-refractivity contribution is 7.92. The molecule has 2 N–H and O–H groups in total. The lowest BCUT2D eigenvalue weighted by molar-refractivity contribution is 0.598. The predicted octanol–water partition coefficient (Wildman–Crippen LogP) is 4.38. The van der Waals surface area contributed by atoms with Crippen LogP contribution in [0.1, 0.15) is 11.1 Å². The quantitative estimate of drug-likeness (QED) is 0.698. The minimum absolute atomic E-state index is 0.0138. The molecule has 0 fully saturated rings. The second kappa shape index (κ2) is 7.13. The van der Waals surface area contributed by atoms with E-state index in [2.05, 4.69) is 15.0 Å². The molecule has 1 heterocycles. The molecule has 0 aliphatic rings. The summed E-state index contributed by atoms with van der Waals surface area (Å²) in [6.07, 6.45) is 1.54. The summed E-state index contributed by atoms with van der Waals surface area (Å²) in [5.41, 5.74) is 3.06. The van der Waals surface area contributed by atoms with E-state index in [1.165, 1.54) is 25.3 Å². The number of sulfonamides is 1. The lowest BCUT2D eigenvalue weighted by atomic mass is 10.2. The van der Waals surface area contributed by atoms with Gasteiger partial charge in [-0.1, -0.05) is 17.7 Å². The van der Waals surface area contributed by atoms with Crippen LogP contribution in [0.15, 0.2) is 65.7 Å². The summed E-state index contributed by atoms with van der Waals surface area (Å²) >= 11 is 0. The van der Waals surface area contributed by atoms with Gasteiger partial charge in [-0.3, -0.25) is 4.72 Å². The minimum atomic E-state index is -3.83. The third-order valence-corrected chi connectivity index (χ3v) is 5.13. The number of benzene rings is 2. The van der Waals surface area contributed by atoms with Gasteiger partial charge in [0.15, 0.2) is 0 Å². The molecular weight excluding hydrogens is 353 g/mol. The molecule has 0 radical (unpaired) electrons. The van der Waals surface area contributed by atoms with E-state index in [4.69, 9.17) is 0 Å². The van der Waals surface area contributed by atoms with Gasteiger partial charge in [0.1, 0.15) is 11.6 Å². The van der Waals surface area contributed by atoms with Crippen LogP contribution in [-0.4, -0.2) is 13.4 Å². The molecular formula is C19H18FN3O2S. The number of aryl methyl sites for hydroxylation is 2. The Morgan fingerprint density at radius 2 is 1.62 bits per heavy atom. The molecule has 0 amide bonds. The molecule has 3 rings (SSSR count). The van der Waals surface area contributed by atoms with Crippen molar-refractivity contribution in [2.45, 2.75) is 18.7 Å². The summed E-state index contributed by atoms with van der Waals surface area (Å²) in [7, 11) is -3.83. The number of hydrogen-bond donors (Lipinski definition) is 2. The van der Waals surface area contributed by atoms with E-state index >= 15 is 0 Å². The first-order chi connectivity index (χ1) is 12.3. The molecule has 134 valence electrons. The van der Waals surface area contributed by atoms with E-state index in [0.29, 0.717) is 0 Å². The molecule has 2 aromatic carbocycles. The van der Waals surface area contributed by atoms with Gasteiger partial charge in [-0.25, -0.2) is 17.8 Å². The Bertz CT molecular complexity index is 1020. The van der Waals surface area contributed by atoms with Crippen LogP contribution in [0.4, 0.5) is 21.6 Å². The molecule has 0 atom stereocenters. The van der Waals surface area contributed by atoms with Crippen molar-refractivity contribution >= 4 is 27.2 Å². The van der Waals surface area contributed by atoms with Gasteiger partial charge in [-0.2, -0.15) is 0 Å². The van der Waals surface area contributed by atoms with Crippen molar-refractivity contribution in [2.75, 3.05) is 10.0 Å². The number of aromatic nitrogens is 1. The minimum Gasteiger partial charge on any atom is -0.354 e. The largest absolute Gasteiger partial charge is 0.354 e. The molecule has 0 saturated carbocycles. The molecule has 7 heteroatoms.